The molecule has 1 N–H and O–H groups in total. The van der Waals surface area contributed by atoms with E-state index in [1.165, 1.54) is 0 Å². The molecule has 0 saturated heterocycles. The van der Waals surface area contributed by atoms with Crippen molar-refractivity contribution in [2.75, 3.05) is 0 Å². The van der Waals surface area contributed by atoms with Gasteiger partial charge in [0, 0.05) is 23.6 Å². The van der Waals surface area contributed by atoms with Crippen LogP contribution in [0, 0.1) is 0 Å². The Morgan fingerprint density at radius 1 is 1.38 bits per heavy atom. The zero-order valence-electron chi connectivity index (χ0n) is 6.91. The van der Waals surface area contributed by atoms with Gasteiger partial charge < -0.3 is 14.9 Å². The number of benzene rings is 1. The van der Waals surface area contributed by atoms with Crippen LogP contribution in [0.2, 0.25) is 0 Å². The molecule has 1 aromatic carbocycles. The number of hydrogen-bond acceptors (Lipinski definition) is 2. The van der Waals surface area contributed by atoms with Crippen molar-refractivity contribution >= 4 is 16.9 Å². The summed E-state index contributed by atoms with van der Waals surface area (Å²) in [6.45, 7) is 0. The second-order valence-corrected chi connectivity index (χ2v) is 2.93. The van der Waals surface area contributed by atoms with Crippen molar-refractivity contribution in [2.24, 2.45) is 0 Å². The molecule has 1 heterocycles. The Kier molecular flexibility index (Phi) is 1.77. The number of carbonyl (C=O) groups is 1. The third-order valence-corrected chi connectivity index (χ3v) is 1.92. The average molecular weight is 174 g/mol. The molecule has 1 aromatic heterocycles. The Balaban J connectivity index is 2.44. The Bertz CT molecular complexity index is 412. The predicted octanol–water partition coefficient (Wildman–Crippen LogP) is 0.460. The SMILES string of the molecule is O=C([O-])Cc1cc2ccccc2[nH]1. The summed E-state index contributed by atoms with van der Waals surface area (Å²) in [5, 5.41) is 11.3. The van der Waals surface area contributed by atoms with Crippen molar-refractivity contribution < 1.29 is 9.90 Å². The fourth-order valence-electron chi connectivity index (χ4n) is 1.38. The first-order valence-corrected chi connectivity index (χ1v) is 4.02. The van der Waals surface area contributed by atoms with Gasteiger partial charge >= 0.3 is 0 Å². The van der Waals surface area contributed by atoms with Gasteiger partial charge in [0.05, 0.1) is 0 Å². The molecule has 3 heteroatoms. The summed E-state index contributed by atoms with van der Waals surface area (Å²) in [5.41, 5.74) is 1.64. The maximum absolute atomic E-state index is 10.3. The highest BCUT2D eigenvalue weighted by Gasteiger charge is 1.98. The lowest BCUT2D eigenvalue weighted by molar-refractivity contribution is -0.304. The molecule has 0 aliphatic carbocycles. The van der Waals surface area contributed by atoms with E-state index in [0.717, 1.165) is 10.9 Å². The Morgan fingerprint density at radius 2 is 2.15 bits per heavy atom. The van der Waals surface area contributed by atoms with Crippen LogP contribution >= 0.6 is 0 Å². The van der Waals surface area contributed by atoms with Crippen LogP contribution in [0.25, 0.3) is 10.9 Å². The van der Waals surface area contributed by atoms with E-state index < -0.39 is 5.97 Å². The van der Waals surface area contributed by atoms with Crippen LogP contribution < -0.4 is 5.11 Å². The zero-order valence-corrected chi connectivity index (χ0v) is 6.91. The van der Waals surface area contributed by atoms with Crippen molar-refractivity contribution in [2.45, 2.75) is 6.42 Å². The average Bonchev–Trinajstić information content (AvgIpc) is 2.44. The Morgan fingerprint density at radius 3 is 2.85 bits per heavy atom. The highest BCUT2D eigenvalue weighted by Crippen LogP contribution is 2.14. The van der Waals surface area contributed by atoms with Gasteiger partial charge in [0.1, 0.15) is 0 Å². The van der Waals surface area contributed by atoms with Crippen LogP contribution in [0.5, 0.6) is 0 Å². The van der Waals surface area contributed by atoms with Crippen LogP contribution in [0.1, 0.15) is 5.69 Å². The molecule has 0 spiro atoms. The monoisotopic (exact) mass is 174 g/mol. The van der Waals surface area contributed by atoms with Crippen molar-refractivity contribution in [1.82, 2.24) is 4.98 Å². The summed E-state index contributed by atoms with van der Waals surface area (Å²) < 4.78 is 0. The lowest BCUT2D eigenvalue weighted by Gasteiger charge is -1.96. The lowest BCUT2D eigenvalue weighted by Crippen LogP contribution is -2.24. The van der Waals surface area contributed by atoms with Gasteiger partial charge in [-0.15, -0.1) is 0 Å². The predicted molar refractivity (Wildman–Crippen MR) is 47.0 cm³/mol. The Hall–Kier alpha value is -1.77. The highest BCUT2D eigenvalue weighted by atomic mass is 16.4. The van der Waals surface area contributed by atoms with E-state index in [-0.39, 0.29) is 6.42 Å². The van der Waals surface area contributed by atoms with Crippen LogP contribution in [0.3, 0.4) is 0 Å². The fraction of sp³-hybridized carbons (Fsp3) is 0.100. The number of aromatic nitrogens is 1. The lowest BCUT2D eigenvalue weighted by atomic mass is 10.2. The number of rotatable bonds is 2. The van der Waals surface area contributed by atoms with E-state index in [0.29, 0.717) is 5.69 Å². The molecule has 0 saturated carbocycles. The molecule has 3 nitrogen and oxygen atoms in total. The normalized spacial score (nSPS) is 10.5. The van der Waals surface area contributed by atoms with E-state index in [1.54, 1.807) is 0 Å². The summed E-state index contributed by atoms with van der Waals surface area (Å²) in [6.07, 6.45) is -0.0608. The molecule has 2 aromatic rings. The first-order chi connectivity index (χ1) is 6.25. The summed E-state index contributed by atoms with van der Waals surface area (Å²) in [6, 6.07) is 9.49. The minimum atomic E-state index is -1.06. The second kappa shape index (κ2) is 2.94. The number of carboxylic acid groups (broad SMARTS) is 1. The minimum absolute atomic E-state index is 0.0608. The van der Waals surface area contributed by atoms with Gasteiger partial charge in [-0.25, -0.2) is 0 Å². The molecule has 0 atom stereocenters. The van der Waals surface area contributed by atoms with Gasteiger partial charge in [-0.3, -0.25) is 0 Å². The van der Waals surface area contributed by atoms with E-state index >= 15 is 0 Å². The van der Waals surface area contributed by atoms with Gasteiger partial charge in [-0.1, -0.05) is 18.2 Å². The number of fused-ring (bicyclic) bond motifs is 1. The standard InChI is InChI=1S/C10H9NO2/c12-10(13)6-8-5-7-3-1-2-4-9(7)11-8/h1-5,11H,6H2,(H,12,13)/p-1. The molecule has 13 heavy (non-hydrogen) atoms. The van der Waals surface area contributed by atoms with Crippen LogP contribution in [0.4, 0.5) is 0 Å². The molecular weight excluding hydrogens is 166 g/mol. The maximum atomic E-state index is 10.3. The molecule has 0 radical (unpaired) electrons. The zero-order chi connectivity index (χ0) is 9.26. The number of aromatic amines is 1. The maximum Gasteiger partial charge on any atom is 0.0473 e. The van der Waals surface area contributed by atoms with Crippen molar-refractivity contribution in [3.63, 3.8) is 0 Å². The summed E-state index contributed by atoms with van der Waals surface area (Å²) in [4.78, 5) is 13.3. The first-order valence-electron chi connectivity index (χ1n) is 4.02. The number of aliphatic carboxylic acids is 1. The summed E-state index contributed by atoms with van der Waals surface area (Å²) in [7, 11) is 0. The van der Waals surface area contributed by atoms with Crippen molar-refractivity contribution in [3.05, 3.63) is 36.0 Å². The van der Waals surface area contributed by atoms with Gasteiger partial charge in [0.2, 0.25) is 0 Å². The molecule has 0 unspecified atom stereocenters. The van der Waals surface area contributed by atoms with E-state index in [9.17, 15) is 9.90 Å². The second-order valence-electron chi connectivity index (χ2n) is 2.93. The van der Waals surface area contributed by atoms with Crippen molar-refractivity contribution in [3.8, 4) is 0 Å². The van der Waals surface area contributed by atoms with Gasteiger partial charge in [-0.2, -0.15) is 0 Å². The van der Waals surface area contributed by atoms with E-state index in [4.69, 9.17) is 0 Å². The molecule has 2 rings (SSSR count). The minimum Gasteiger partial charge on any atom is -0.550 e. The Labute approximate surface area is 75.0 Å². The number of H-pyrrole nitrogens is 1. The fourth-order valence-corrected chi connectivity index (χ4v) is 1.38. The molecule has 66 valence electrons. The van der Waals surface area contributed by atoms with E-state index in [1.807, 2.05) is 30.3 Å². The quantitative estimate of drug-likeness (QED) is 0.719. The third-order valence-electron chi connectivity index (χ3n) is 1.92. The molecule has 0 aliphatic rings. The molecule has 0 aliphatic heterocycles. The number of carboxylic acids is 1. The first kappa shape index (κ1) is 7.86. The number of para-hydroxylation sites is 1. The molecular formula is C10H8NO2-. The third kappa shape index (κ3) is 1.54. The van der Waals surface area contributed by atoms with E-state index in [2.05, 4.69) is 4.98 Å². The molecule has 0 amide bonds. The largest absolute Gasteiger partial charge is 0.550 e. The number of hydrogen-bond donors (Lipinski definition) is 1. The summed E-state index contributed by atoms with van der Waals surface area (Å²) in [5.74, 6) is -1.06. The summed E-state index contributed by atoms with van der Waals surface area (Å²) >= 11 is 0. The van der Waals surface area contributed by atoms with Crippen LogP contribution in [-0.4, -0.2) is 11.0 Å². The van der Waals surface area contributed by atoms with Crippen LogP contribution in [0.15, 0.2) is 30.3 Å². The van der Waals surface area contributed by atoms with Gasteiger partial charge in [-0.05, 0) is 17.5 Å². The smallest absolute Gasteiger partial charge is 0.0473 e. The number of nitrogens with one attached hydrogen (secondary N) is 1. The highest BCUT2D eigenvalue weighted by molar-refractivity contribution is 5.81. The van der Waals surface area contributed by atoms with Crippen molar-refractivity contribution in [1.29, 1.82) is 0 Å². The van der Waals surface area contributed by atoms with Crippen LogP contribution in [-0.2, 0) is 11.2 Å². The number of carbonyl (C=O) groups excluding carboxylic acids is 1. The molecule has 0 bridgehead atoms. The van der Waals surface area contributed by atoms with Gasteiger partial charge in [0.25, 0.3) is 0 Å². The van der Waals surface area contributed by atoms with Gasteiger partial charge in [0.15, 0.2) is 0 Å². The topological polar surface area (TPSA) is 55.9 Å². The molecule has 0 fully saturated rings.